The summed E-state index contributed by atoms with van der Waals surface area (Å²) in [7, 11) is 0. The topological polar surface area (TPSA) is 76.4 Å². The van der Waals surface area contributed by atoms with E-state index in [0.29, 0.717) is 12.6 Å². The van der Waals surface area contributed by atoms with Crippen molar-refractivity contribution in [2.75, 3.05) is 0 Å². The molecule has 0 heterocycles. The van der Waals surface area contributed by atoms with Gasteiger partial charge in [0, 0.05) is 17.8 Å². The predicted molar refractivity (Wildman–Crippen MR) is 80.7 cm³/mol. The van der Waals surface area contributed by atoms with Crippen molar-refractivity contribution in [3.8, 4) is 0 Å². The molecule has 0 aliphatic rings. The summed E-state index contributed by atoms with van der Waals surface area (Å²) in [5.74, 6) is -0.206. The molecule has 0 aliphatic carbocycles. The third-order valence-electron chi connectivity index (χ3n) is 3.98. The molecule has 0 aliphatic heterocycles. The molecular weight excluding hydrogens is 281 g/mol. The van der Waals surface area contributed by atoms with Crippen molar-refractivity contribution in [3.63, 3.8) is 0 Å². The van der Waals surface area contributed by atoms with Crippen LogP contribution < -0.4 is 16.8 Å². The monoisotopic (exact) mass is 308 g/mol. The van der Waals surface area contributed by atoms with Gasteiger partial charge in [0.25, 0.3) is 0 Å². The van der Waals surface area contributed by atoms with E-state index in [9.17, 15) is 13.2 Å². The van der Waals surface area contributed by atoms with E-state index in [1.165, 1.54) is 0 Å². The second kappa shape index (κ2) is 7.68. The Morgan fingerprint density at radius 1 is 1.24 bits per heavy atom. The Labute approximate surface area is 124 Å². The van der Waals surface area contributed by atoms with Gasteiger partial charge in [-0.3, -0.25) is 0 Å². The van der Waals surface area contributed by atoms with E-state index in [2.05, 4.69) is 10.3 Å². The van der Waals surface area contributed by atoms with E-state index in [4.69, 9.17) is 11.5 Å². The van der Waals surface area contributed by atoms with Gasteiger partial charge in [-0.15, -0.1) is 0 Å². The van der Waals surface area contributed by atoms with Crippen LogP contribution in [0.4, 0.5) is 13.2 Å². The van der Waals surface area contributed by atoms with Crippen molar-refractivity contribution in [2.24, 2.45) is 22.4 Å². The second-order valence-electron chi connectivity index (χ2n) is 5.67. The van der Waals surface area contributed by atoms with Gasteiger partial charge in [0.05, 0.1) is 5.57 Å². The summed E-state index contributed by atoms with van der Waals surface area (Å²) >= 11 is 0. The molecule has 7 heteroatoms. The molecule has 0 aromatic carbocycles. The number of nitrogens with one attached hydrogen (secondary N) is 1. The van der Waals surface area contributed by atoms with E-state index in [1.807, 2.05) is 27.7 Å². The predicted octanol–water partition coefficient (Wildman–Crippen LogP) is 2.90. The Kier molecular flexibility index (Phi) is 7.23. The van der Waals surface area contributed by atoms with Gasteiger partial charge in [-0.05, 0) is 25.7 Å². The minimum absolute atomic E-state index is 0.189. The molecule has 124 valence electrons. The van der Waals surface area contributed by atoms with Gasteiger partial charge >= 0.3 is 6.18 Å². The van der Waals surface area contributed by atoms with Crippen molar-refractivity contribution in [3.05, 3.63) is 11.8 Å². The Bertz CT molecular complexity index is 384. The van der Waals surface area contributed by atoms with Crippen molar-refractivity contribution in [1.29, 1.82) is 0 Å². The van der Waals surface area contributed by atoms with E-state index in [0.717, 1.165) is 0 Å². The Balaban J connectivity index is 5.55. The summed E-state index contributed by atoms with van der Waals surface area (Å²) in [6, 6.07) is -0.861. The van der Waals surface area contributed by atoms with Crippen LogP contribution in [0.25, 0.3) is 0 Å². The fourth-order valence-electron chi connectivity index (χ4n) is 1.98. The number of aliphatic imine (C=N–C) groups is 1. The molecule has 0 bridgehead atoms. The minimum Gasteiger partial charge on any atom is -0.370 e. The lowest BCUT2D eigenvalue weighted by molar-refractivity contribution is -0.0980. The third kappa shape index (κ3) is 5.95. The Morgan fingerprint density at radius 3 is 2.05 bits per heavy atom. The van der Waals surface area contributed by atoms with Crippen LogP contribution >= 0.6 is 0 Å². The molecule has 0 rings (SSSR count). The summed E-state index contributed by atoms with van der Waals surface area (Å²) in [5.41, 5.74) is 9.08. The second-order valence-corrected chi connectivity index (χ2v) is 5.67. The lowest BCUT2D eigenvalue weighted by Gasteiger charge is -2.38. The van der Waals surface area contributed by atoms with Crippen molar-refractivity contribution >= 4 is 5.96 Å². The fourth-order valence-corrected chi connectivity index (χ4v) is 1.98. The lowest BCUT2D eigenvalue weighted by Crippen LogP contribution is -2.53. The molecule has 0 spiro atoms. The molecule has 4 nitrogen and oxygen atoms in total. The maximum atomic E-state index is 13.2. The minimum atomic E-state index is -4.49. The molecule has 0 radical (unpaired) electrons. The first-order valence-electron chi connectivity index (χ1n) is 7.11. The molecule has 2 atom stereocenters. The molecule has 0 aromatic rings. The summed E-state index contributed by atoms with van der Waals surface area (Å²) < 4.78 is 39.7. The van der Waals surface area contributed by atoms with Crippen molar-refractivity contribution < 1.29 is 13.2 Å². The van der Waals surface area contributed by atoms with Crippen molar-refractivity contribution in [2.45, 2.75) is 65.2 Å². The first-order chi connectivity index (χ1) is 9.47. The number of nitrogens with zero attached hydrogens (tertiary/aromatic N) is 1. The van der Waals surface area contributed by atoms with E-state index in [-0.39, 0.29) is 12.3 Å². The van der Waals surface area contributed by atoms with Crippen LogP contribution in [0.2, 0.25) is 0 Å². The molecule has 0 saturated heterocycles. The number of alkyl halides is 3. The first-order valence-corrected chi connectivity index (χ1v) is 7.11. The Hall–Kier alpha value is -1.24. The largest absolute Gasteiger partial charge is 0.415 e. The van der Waals surface area contributed by atoms with Gasteiger partial charge in [0.15, 0.2) is 5.96 Å². The molecular formula is C14H27F3N4. The summed E-state index contributed by atoms with van der Waals surface area (Å²) in [5, 5.41) is 3.12. The number of guanidine groups is 1. The standard InChI is InChI=1S/C14H27F3N4/c1-6-11(21-13(5,7-2)9(3)4)10(14(15,16)17)8-20-12(18)19/h8-9,11,21H,6-7H2,1-5H3,(H4,18,19,20)/b10-8+/t11?,13-/m0/s1. The first kappa shape index (κ1) is 19.8. The normalized spacial score (nSPS) is 17.5. The van der Waals surface area contributed by atoms with Crippen LogP contribution in [0.1, 0.15) is 47.5 Å². The average molecular weight is 308 g/mol. The van der Waals surface area contributed by atoms with Crippen LogP contribution in [0, 0.1) is 5.92 Å². The zero-order valence-electron chi connectivity index (χ0n) is 13.4. The van der Waals surface area contributed by atoms with Gasteiger partial charge in [0.1, 0.15) is 0 Å². The molecule has 5 N–H and O–H groups in total. The average Bonchev–Trinajstić information content (AvgIpc) is 2.35. The van der Waals surface area contributed by atoms with Crippen LogP contribution in [-0.2, 0) is 0 Å². The summed E-state index contributed by atoms with van der Waals surface area (Å²) in [4.78, 5) is 3.41. The zero-order valence-corrected chi connectivity index (χ0v) is 13.4. The fraction of sp³-hybridized carbons (Fsp3) is 0.786. The van der Waals surface area contributed by atoms with Gasteiger partial charge < -0.3 is 16.8 Å². The highest BCUT2D eigenvalue weighted by Crippen LogP contribution is 2.32. The number of hydrogen-bond acceptors (Lipinski definition) is 2. The number of rotatable bonds is 7. The maximum Gasteiger partial charge on any atom is 0.415 e. The van der Waals surface area contributed by atoms with Gasteiger partial charge in [-0.25, -0.2) is 4.99 Å². The smallest absolute Gasteiger partial charge is 0.370 e. The lowest BCUT2D eigenvalue weighted by atomic mass is 9.84. The quantitative estimate of drug-likeness (QED) is 0.500. The van der Waals surface area contributed by atoms with Crippen LogP contribution in [0.3, 0.4) is 0 Å². The highest BCUT2D eigenvalue weighted by molar-refractivity contribution is 5.76. The molecule has 0 saturated carbocycles. The summed E-state index contributed by atoms with van der Waals surface area (Å²) in [6.07, 6.45) is -2.77. The Morgan fingerprint density at radius 2 is 1.76 bits per heavy atom. The number of nitrogens with two attached hydrogens (primary N) is 2. The zero-order chi connectivity index (χ0) is 16.8. The molecule has 1 unspecified atom stereocenters. The molecule has 0 fully saturated rings. The highest BCUT2D eigenvalue weighted by Gasteiger charge is 2.40. The van der Waals surface area contributed by atoms with E-state index < -0.39 is 29.3 Å². The number of hydrogen-bond donors (Lipinski definition) is 3. The van der Waals surface area contributed by atoms with E-state index >= 15 is 0 Å². The van der Waals surface area contributed by atoms with Gasteiger partial charge in [0.2, 0.25) is 0 Å². The van der Waals surface area contributed by atoms with Crippen LogP contribution in [0.5, 0.6) is 0 Å². The van der Waals surface area contributed by atoms with Crippen LogP contribution in [0.15, 0.2) is 16.8 Å². The van der Waals surface area contributed by atoms with E-state index in [1.54, 1.807) is 6.92 Å². The molecule has 0 aromatic heterocycles. The maximum absolute atomic E-state index is 13.2. The van der Waals surface area contributed by atoms with Gasteiger partial charge in [-0.1, -0.05) is 27.7 Å². The number of halogens is 3. The van der Waals surface area contributed by atoms with Gasteiger partial charge in [-0.2, -0.15) is 13.2 Å². The van der Waals surface area contributed by atoms with Crippen LogP contribution in [-0.4, -0.2) is 23.7 Å². The molecule has 0 amide bonds. The third-order valence-corrected chi connectivity index (χ3v) is 3.98. The molecule has 21 heavy (non-hydrogen) atoms. The summed E-state index contributed by atoms with van der Waals surface area (Å²) in [6.45, 7) is 9.54. The van der Waals surface area contributed by atoms with Crippen molar-refractivity contribution in [1.82, 2.24) is 5.32 Å². The highest BCUT2D eigenvalue weighted by atomic mass is 19.4. The SMILES string of the molecule is CCC(N[C@@](C)(CC)C(C)C)/C(=C\N=C(N)N)C(F)(F)F.